The third kappa shape index (κ3) is 5.03. The average molecular weight is 431 g/mol. The van der Waals surface area contributed by atoms with Gasteiger partial charge in [0.15, 0.2) is 16.4 Å². The SMILES string of the molecule is CS(=O)(=O)c1ccc(CN2CC[C@H](c3nnc(COc4ccc(F)cc4)o3)C2)cc1. The number of nitrogens with zero attached hydrogens (tertiary/aromatic N) is 3. The second kappa shape index (κ2) is 8.53. The minimum absolute atomic E-state index is 0.127. The standard InChI is InChI=1S/C21H22FN3O4S/c1-30(26,27)19-8-2-15(3-9-19)12-25-11-10-16(13-25)21-24-23-20(29-21)14-28-18-6-4-17(22)5-7-18/h2-9,16H,10-14H2,1H3/t16-/m0/s1. The number of hydrogen-bond acceptors (Lipinski definition) is 7. The van der Waals surface area contributed by atoms with E-state index < -0.39 is 9.84 Å². The predicted octanol–water partition coefficient (Wildman–Crippen LogP) is 3.18. The van der Waals surface area contributed by atoms with Gasteiger partial charge >= 0.3 is 0 Å². The molecule has 1 fully saturated rings. The van der Waals surface area contributed by atoms with Crippen molar-refractivity contribution in [2.24, 2.45) is 0 Å². The summed E-state index contributed by atoms with van der Waals surface area (Å²) in [5.74, 6) is 1.32. The number of sulfone groups is 1. The molecule has 9 heteroatoms. The van der Waals surface area contributed by atoms with Crippen LogP contribution in [0.15, 0.2) is 57.8 Å². The first-order chi connectivity index (χ1) is 14.4. The first-order valence-corrected chi connectivity index (χ1v) is 11.5. The van der Waals surface area contributed by atoms with Crippen molar-refractivity contribution in [1.29, 1.82) is 0 Å². The van der Waals surface area contributed by atoms with Crippen LogP contribution in [-0.4, -0.2) is 42.9 Å². The summed E-state index contributed by atoms with van der Waals surface area (Å²) in [4.78, 5) is 2.60. The van der Waals surface area contributed by atoms with E-state index in [1.165, 1.54) is 18.4 Å². The lowest BCUT2D eigenvalue weighted by Gasteiger charge is -2.15. The fourth-order valence-electron chi connectivity index (χ4n) is 3.44. The van der Waals surface area contributed by atoms with Crippen molar-refractivity contribution in [3.8, 4) is 5.75 Å². The third-order valence-electron chi connectivity index (χ3n) is 5.04. The summed E-state index contributed by atoms with van der Waals surface area (Å²) < 4.78 is 47.4. The first kappa shape index (κ1) is 20.5. The normalized spacial score (nSPS) is 17.3. The van der Waals surface area contributed by atoms with Gasteiger partial charge in [0.25, 0.3) is 5.89 Å². The molecule has 0 aliphatic carbocycles. The van der Waals surface area contributed by atoms with E-state index in [-0.39, 0.29) is 18.3 Å². The second-order valence-corrected chi connectivity index (χ2v) is 9.43. The molecule has 1 aliphatic heterocycles. The summed E-state index contributed by atoms with van der Waals surface area (Å²) in [6, 6.07) is 12.7. The highest BCUT2D eigenvalue weighted by molar-refractivity contribution is 7.90. The smallest absolute Gasteiger partial charge is 0.253 e. The number of rotatable bonds is 7. The van der Waals surface area contributed by atoms with Gasteiger partial charge in [-0.25, -0.2) is 12.8 Å². The van der Waals surface area contributed by atoms with Gasteiger partial charge in [-0.15, -0.1) is 10.2 Å². The van der Waals surface area contributed by atoms with Crippen LogP contribution < -0.4 is 4.74 Å². The van der Waals surface area contributed by atoms with Crippen molar-refractivity contribution in [2.45, 2.75) is 30.4 Å². The summed E-state index contributed by atoms with van der Waals surface area (Å²) in [5, 5.41) is 8.20. The van der Waals surface area contributed by atoms with Crippen LogP contribution in [0.2, 0.25) is 0 Å². The Morgan fingerprint density at radius 1 is 1.13 bits per heavy atom. The monoisotopic (exact) mass is 431 g/mol. The van der Waals surface area contributed by atoms with Crippen LogP contribution in [0.1, 0.15) is 29.7 Å². The summed E-state index contributed by atoms with van der Waals surface area (Å²) >= 11 is 0. The van der Waals surface area contributed by atoms with Crippen molar-refractivity contribution in [3.05, 3.63) is 71.7 Å². The Labute approximate surface area is 174 Å². The largest absolute Gasteiger partial charge is 0.484 e. The summed E-state index contributed by atoms with van der Waals surface area (Å²) in [5.41, 5.74) is 1.06. The van der Waals surface area contributed by atoms with E-state index in [0.717, 1.165) is 31.6 Å². The molecule has 0 saturated carbocycles. The van der Waals surface area contributed by atoms with E-state index >= 15 is 0 Å². The van der Waals surface area contributed by atoms with Crippen LogP contribution in [0, 0.1) is 5.82 Å². The molecular formula is C21H22FN3O4S. The van der Waals surface area contributed by atoms with Crippen LogP contribution in [-0.2, 0) is 23.0 Å². The molecule has 1 saturated heterocycles. The Morgan fingerprint density at radius 3 is 2.57 bits per heavy atom. The van der Waals surface area contributed by atoms with Gasteiger partial charge in [-0.05, 0) is 54.9 Å². The van der Waals surface area contributed by atoms with Gasteiger partial charge < -0.3 is 9.15 Å². The number of ether oxygens (including phenoxy) is 1. The fraction of sp³-hybridized carbons (Fsp3) is 0.333. The molecular weight excluding hydrogens is 409 g/mol. The van der Waals surface area contributed by atoms with Gasteiger partial charge in [-0.2, -0.15) is 0 Å². The lowest BCUT2D eigenvalue weighted by molar-refractivity contribution is 0.255. The molecule has 0 spiro atoms. The summed E-state index contributed by atoms with van der Waals surface area (Å²) in [6.07, 6.45) is 2.11. The van der Waals surface area contributed by atoms with Crippen LogP contribution >= 0.6 is 0 Å². The zero-order valence-electron chi connectivity index (χ0n) is 16.5. The van der Waals surface area contributed by atoms with Crippen molar-refractivity contribution in [2.75, 3.05) is 19.3 Å². The van der Waals surface area contributed by atoms with E-state index in [0.29, 0.717) is 22.4 Å². The van der Waals surface area contributed by atoms with Gasteiger partial charge in [0, 0.05) is 19.3 Å². The molecule has 30 heavy (non-hydrogen) atoms. The maximum atomic E-state index is 12.9. The van der Waals surface area contributed by atoms with Gasteiger partial charge in [-0.1, -0.05) is 12.1 Å². The van der Waals surface area contributed by atoms with Crippen LogP contribution in [0.25, 0.3) is 0 Å². The van der Waals surface area contributed by atoms with E-state index in [1.54, 1.807) is 24.3 Å². The first-order valence-electron chi connectivity index (χ1n) is 9.59. The third-order valence-corrected chi connectivity index (χ3v) is 6.17. The Morgan fingerprint density at radius 2 is 1.87 bits per heavy atom. The Hall–Kier alpha value is -2.78. The topological polar surface area (TPSA) is 85.5 Å². The van der Waals surface area contributed by atoms with Crippen LogP contribution in [0.5, 0.6) is 5.75 Å². The number of likely N-dealkylation sites (tertiary alicyclic amines) is 1. The summed E-state index contributed by atoms with van der Waals surface area (Å²) in [7, 11) is -3.18. The van der Waals surface area contributed by atoms with E-state index in [4.69, 9.17) is 9.15 Å². The lowest BCUT2D eigenvalue weighted by Crippen LogP contribution is -2.19. The highest BCUT2D eigenvalue weighted by atomic mass is 32.2. The Balaban J connectivity index is 1.30. The zero-order valence-corrected chi connectivity index (χ0v) is 17.3. The molecule has 7 nitrogen and oxygen atoms in total. The van der Waals surface area contributed by atoms with Gasteiger partial charge in [0.05, 0.1) is 10.8 Å². The highest BCUT2D eigenvalue weighted by Crippen LogP contribution is 2.27. The number of hydrogen-bond donors (Lipinski definition) is 0. The molecule has 2 aromatic carbocycles. The number of benzene rings is 2. The second-order valence-electron chi connectivity index (χ2n) is 7.41. The van der Waals surface area contributed by atoms with Crippen molar-refractivity contribution >= 4 is 9.84 Å². The molecule has 158 valence electrons. The van der Waals surface area contributed by atoms with Gasteiger partial charge in [0.1, 0.15) is 11.6 Å². The minimum atomic E-state index is -3.18. The quantitative estimate of drug-likeness (QED) is 0.568. The molecule has 2 heterocycles. The molecule has 0 unspecified atom stereocenters. The summed E-state index contributed by atoms with van der Waals surface area (Å²) in [6.45, 7) is 2.54. The lowest BCUT2D eigenvalue weighted by atomic mass is 10.1. The van der Waals surface area contributed by atoms with E-state index in [1.807, 2.05) is 12.1 Å². The Bertz CT molecular complexity index is 1100. The maximum Gasteiger partial charge on any atom is 0.253 e. The maximum absolute atomic E-state index is 12.9. The molecule has 0 amide bonds. The minimum Gasteiger partial charge on any atom is -0.484 e. The van der Waals surface area contributed by atoms with Crippen LogP contribution in [0.4, 0.5) is 4.39 Å². The highest BCUT2D eigenvalue weighted by Gasteiger charge is 2.28. The molecule has 4 rings (SSSR count). The van der Waals surface area contributed by atoms with Gasteiger partial charge in [-0.3, -0.25) is 4.90 Å². The predicted molar refractivity (Wildman–Crippen MR) is 107 cm³/mol. The van der Waals surface area contributed by atoms with Crippen molar-refractivity contribution < 1.29 is 22.0 Å². The van der Waals surface area contributed by atoms with E-state index in [9.17, 15) is 12.8 Å². The van der Waals surface area contributed by atoms with Crippen LogP contribution in [0.3, 0.4) is 0 Å². The molecule has 1 aromatic heterocycles. The Kier molecular flexibility index (Phi) is 5.83. The molecule has 3 aromatic rings. The molecule has 1 aliphatic rings. The molecule has 0 bridgehead atoms. The van der Waals surface area contributed by atoms with E-state index in [2.05, 4.69) is 15.1 Å². The van der Waals surface area contributed by atoms with Gasteiger partial charge in [0.2, 0.25) is 5.89 Å². The number of aromatic nitrogens is 2. The average Bonchev–Trinajstić information content (AvgIpc) is 3.37. The van der Waals surface area contributed by atoms with Crippen molar-refractivity contribution in [3.63, 3.8) is 0 Å². The molecule has 0 N–H and O–H groups in total. The number of halogens is 1. The van der Waals surface area contributed by atoms with Crippen molar-refractivity contribution in [1.82, 2.24) is 15.1 Å². The zero-order chi connectivity index (χ0) is 21.1. The fourth-order valence-corrected chi connectivity index (χ4v) is 4.07. The molecule has 1 atom stereocenters. The molecule has 0 radical (unpaired) electrons.